The molecule has 0 bridgehead atoms. The second-order valence-corrected chi connectivity index (χ2v) is 12.5. The fraction of sp³-hybridized carbons (Fsp3) is 0.733. The molecule has 0 unspecified atom stereocenters. The molecule has 5 amide bonds. The monoisotopic (exact) mass is 625 g/mol. The van der Waals surface area contributed by atoms with E-state index in [-0.39, 0.29) is 37.2 Å². The van der Waals surface area contributed by atoms with E-state index in [9.17, 15) is 33.9 Å². The maximum atomic E-state index is 13.5. The molecular weight excluding hydrogens is 574 g/mol. The molecule has 0 aromatic carbocycles. The minimum atomic E-state index is -1.38. The number of alkyl carbamates (subject to hydrolysis) is 1. The SMILES string of the molecule is CCOC(=O)/C=C\[C@@H](C[C@@H]1CCNC1=O)NC(=O)[C@@H](CC(C)C)NC(=O)[C@H](NC(=O)[C@@H](CO)NC(=O)OC(C)(C)C)C(C)C. The van der Waals surface area contributed by atoms with Crippen LogP contribution in [-0.4, -0.2) is 90.3 Å². The number of hydrogen-bond donors (Lipinski definition) is 6. The van der Waals surface area contributed by atoms with Crippen LogP contribution in [0.2, 0.25) is 0 Å². The highest BCUT2D eigenvalue weighted by Gasteiger charge is 2.33. The number of carbonyl (C=O) groups excluding carboxylic acids is 6. The Hall–Kier alpha value is -3.68. The molecule has 0 saturated carbocycles. The first-order valence-electron chi connectivity index (χ1n) is 15.1. The Labute approximate surface area is 259 Å². The van der Waals surface area contributed by atoms with E-state index in [1.165, 1.54) is 12.2 Å². The Bertz CT molecular complexity index is 1040. The van der Waals surface area contributed by atoms with E-state index < -0.39 is 72.1 Å². The van der Waals surface area contributed by atoms with E-state index in [1.807, 2.05) is 13.8 Å². The number of hydrogen-bond acceptors (Lipinski definition) is 9. The highest BCUT2D eigenvalue weighted by atomic mass is 16.6. The van der Waals surface area contributed by atoms with Crippen LogP contribution < -0.4 is 26.6 Å². The molecule has 14 nitrogen and oxygen atoms in total. The van der Waals surface area contributed by atoms with Crippen molar-refractivity contribution in [3.63, 3.8) is 0 Å². The molecule has 0 aliphatic carbocycles. The van der Waals surface area contributed by atoms with Crippen molar-refractivity contribution in [3.05, 3.63) is 12.2 Å². The van der Waals surface area contributed by atoms with Crippen molar-refractivity contribution in [2.45, 2.75) is 104 Å². The van der Waals surface area contributed by atoms with Gasteiger partial charge in [0.05, 0.1) is 13.2 Å². The summed E-state index contributed by atoms with van der Waals surface area (Å²) in [6.07, 6.45) is 2.84. The van der Waals surface area contributed by atoms with Crippen LogP contribution in [0.15, 0.2) is 12.2 Å². The normalized spacial score (nSPS) is 17.8. The maximum absolute atomic E-state index is 13.5. The van der Waals surface area contributed by atoms with Crippen LogP contribution in [0.3, 0.4) is 0 Å². The van der Waals surface area contributed by atoms with Crippen LogP contribution >= 0.6 is 0 Å². The smallest absolute Gasteiger partial charge is 0.408 e. The Morgan fingerprint density at radius 2 is 1.61 bits per heavy atom. The molecule has 0 aromatic heterocycles. The molecule has 14 heteroatoms. The largest absolute Gasteiger partial charge is 0.463 e. The van der Waals surface area contributed by atoms with E-state index in [0.717, 1.165) is 0 Å². The summed E-state index contributed by atoms with van der Waals surface area (Å²) in [6, 6.07) is -4.20. The van der Waals surface area contributed by atoms with Gasteiger partial charge in [0.1, 0.15) is 23.7 Å². The first kappa shape index (κ1) is 38.3. The van der Waals surface area contributed by atoms with Gasteiger partial charge in [-0.05, 0) is 58.8 Å². The molecule has 1 rings (SSSR count). The van der Waals surface area contributed by atoms with Gasteiger partial charge in [-0.15, -0.1) is 0 Å². The highest BCUT2D eigenvalue weighted by Crippen LogP contribution is 2.18. The first-order chi connectivity index (χ1) is 20.5. The summed E-state index contributed by atoms with van der Waals surface area (Å²) < 4.78 is 10.1. The zero-order valence-electron chi connectivity index (χ0n) is 27.2. The molecule has 0 aromatic rings. The molecule has 250 valence electrons. The predicted molar refractivity (Wildman–Crippen MR) is 162 cm³/mol. The van der Waals surface area contributed by atoms with Gasteiger partial charge in [-0.1, -0.05) is 33.8 Å². The summed E-state index contributed by atoms with van der Waals surface area (Å²) in [6.45, 7) is 13.7. The van der Waals surface area contributed by atoms with Crippen molar-refractivity contribution in [2.75, 3.05) is 19.8 Å². The van der Waals surface area contributed by atoms with Crippen LogP contribution in [0.4, 0.5) is 4.79 Å². The summed E-state index contributed by atoms with van der Waals surface area (Å²) in [5.74, 6) is -3.51. The number of amides is 5. The summed E-state index contributed by atoms with van der Waals surface area (Å²) in [7, 11) is 0. The van der Waals surface area contributed by atoms with Crippen molar-refractivity contribution >= 4 is 35.7 Å². The number of nitrogens with one attached hydrogen (secondary N) is 5. The molecule has 1 aliphatic rings. The van der Waals surface area contributed by atoms with E-state index in [2.05, 4.69) is 26.6 Å². The minimum Gasteiger partial charge on any atom is -0.463 e. The van der Waals surface area contributed by atoms with Gasteiger partial charge in [-0.2, -0.15) is 0 Å². The zero-order valence-corrected chi connectivity index (χ0v) is 27.2. The fourth-order valence-corrected chi connectivity index (χ4v) is 4.43. The van der Waals surface area contributed by atoms with Gasteiger partial charge >= 0.3 is 12.1 Å². The molecule has 0 radical (unpaired) electrons. The lowest BCUT2D eigenvalue weighted by atomic mass is 9.96. The Balaban J connectivity index is 3.08. The summed E-state index contributed by atoms with van der Waals surface area (Å²) >= 11 is 0. The van der Waals surface area contributed by atoms with Gasteiger partial charge < -0.3 is 41.2 Å². The lowest BCUT2D eigenvalue weighted by Crippen LogP contribution is -2.59. The van der Waals surface area contributed by atoms with Crippen LogP contribution in [0.5, 0.6) is 0 Å². The quantitative estimate of drug-likeness (QED) is 0.105. The van der Waals surface area contributed by atoms with Crippen LogP contribution in [-0.2, 0) is 33.4 Å². The Morgan fingerprint density at radius 3 is 2.11 bits per heavy atom. The molecule has 1 heterocycles. The average Bonchev–Trinajstić information content (AvgIpc) is 3.30. The molecule has 5 atom stereocenters. The number of rotatable bonds is 16. The number of aliphatic hydroxyl groups is 1. The van der Waals surface area contributed by atoms with Gasteiger partial charge in [0.25, 0.3) is 0 Å². The molecule has 6 N–H and O–H groups in total. The molecule has 1 saturated heterocycles. The van der Waals surface area contributed by atoms with Crippen LogP contribution in [0, 0.1) is 17.8 Å². The second kappa shape index (κ2) is 18.2. The Kier molecular flexibility index (Phi) is 15.9. The number of aliphatic hydroxyl groups excluding tert-OH is 1. The number of ether oxygens (including phenoxy) is 2. The third-order valence-corrected chi connectivity index (χ3v) is 6.56. The van der Waals surface area contributed by atoms with Crippen molar-refractivity contribution < 1.29 is 43.3 Å². The standard InChI is InChI=1S/C30H51N5O9/c1-9-43-23(37)11-10-20(15-19-12-13-31-25(19)38)32-26(39)21(14-17(2)3)33-28(41)24(18(4)5)35-27(40)22(16-36)34-29(42)44-30(6,7)8/h10-11,17-22,24,36H,9,12-16H2,1-8H3,(H,31,38)(H,32,39)(H,33,41)(H,34,42)(H,35,40)/b11-10-/t19-,20-,21+,22+,24+/m0/s1. The van der Waals surface area contributed by atoms with E-state index in [0.29, 0.717) is 13.0 Å². The van der Waals surface area contributed by atoms with Crippen LogP contribution in [0.25, 0.3) is 0 Å². The molecular formula is C30H51N5O9. The minimum absolute atomic E-state index is 0.0101. The van der Waals surface area contributed by atoms with E-state index in [1.54, 1.807) is 41.5 Å². The van der Waals surface area contributed by atoms with Crippen LogP contribution in [0.1, 0.15) is 74.7 Å². The second-order valence-electron chi connectivity index (χ2n) is 12.5. The molecule has 44 heavy (non-hydrogen) atoms. The lowest BCUT2D eigenvalue weighted by molar-refractivity contribution is -0.137. The zero-order chi connectivity index (χ0) is 33.6. The van der Waals surface area contributed by atoms with Gasteiger partial charge in [0.15, 0.2) is 0 Å². The van der Waals surface area contributed by atoms with Crippen molar-refractivity contribution in [1.82, 2.24) is 26.6 Å². The van der Waals surface area contributed by atoms with Crippen molar-refractivity contribution in [2.24, 2.45) is 17.8 Å². The predicted octanol–water partition coefficient (Wildman–Crippen LogP) is 0.674. The van der Waals surface area contributed by atoms with E-state index >= 15 is 0 Å². The van der Waals surface area contributed by atoms with Gasteiger partial charge in [-0.3, -0.25) is 19.2 Å². The van der Waals surface area contributed by atoms with E-state index in [4.69, 9.17) is 9.47 Å². The highest BCUT2D eigenvalue weighted by molar-refractivity contribution is 5.94. The fourth-order valence-electron chi connectivity index (χ4n) is 4.43. The average molecular weight is 626 g/mol. The third kappa shape index (κ3) is 14.2. The summed E-state index contributed by atoms with van der Waals surface area (Å²) in [5, 5.41) is 22.9. The van der Waals surface area contributed by atoms with Crippen molar-refractivity contribution in [3.8, 4) is 0 Å². The summed E-state index contributed by atoms with van der Waals surface area (Å²) in [5.41, 5.74) is -0.829. The Morgan fingerprint density at radius 1 is 0.977 bits per heavy atom. The molecule has 0 spiro atoms. The summed E-state index contributed by atoms with van der Waals surface area (Å²) in [4.78, 5) is 76.1. The maximum Gasteiger partial charge on any atom is 0.408 e. The lowest BCUT2D eigenvalue weighted by Gasteiger charge is -2.28. The molecule has 1 fully saturated rings. The van der Waals surface area contributed by atoms with Crippen molar-refractivity contribution in [1.29, 1.82) is 0 Å². The van der Waals surface area contributed by atoms with Gasteiger partial charge in [0.2, 0.25) is 23.6 Å². The molecule has 1 aliphatic heterocycles. The number of esters is 1. The van der Waals surface area contributed by atoms with Gasteiger partial charge in [0, 0.05) is 24.6 Å². The van der Waals surface area contributed by atoms with Gasteiger partial charge in [-0.25, -0.2) is 9.59 Å². The third-order valence-electron chi connectivity index (χ3n) is 6.56. The number of carbonyl (C=O) groups is 6. The first-order valence-corrected chi connectivity index (χ1v) is 15.1. The topological polar surface area (TPSA) is 201 Å².